The van der Waals surface area contributed by atoms with E-state index >= 15 is 0 Å². The second-order valence-corrected chi connectivity index (χ2v) is 7.17. The molecular formula is C21H27N5O. The minimum Gasteiger partial charge on any atom is -0.491 e. The maximum absolute atomic E-state index is 9.12. The van der Waals surface area contributed by atoms with Crippen molar-refractivity contribution in [3.8, 4) is 11.8 Å². The number of nitrogens with zero attached hydrogens (tertiary/aromatic N) is 5. The highest BCUT2D eigenvalue weighted by Crippen LogP contribution is 2.19. The first kappa shape index (κ1) is 19.1. The molecule has 1 aliphatic heterocycles. The smallest absolute Gasteiger partial charge is 0.137 e. The van der Waals surface area contributed by atoms with Crippen LogP contribution >= 0.6 is 0 Å². The molecule has 0 radical (unpaired) electrons. The summed E-state index contributed by atoms with van der Waals surface area (Å²) in [6.07, 6.45) is 0. The van der Waals surface area contributed by atoms with Gasteiger partial charge in [0.15, 0.2) is 0 Å². The Hall–Kier alpha value is -2.65. The average Bonchev–Trinajstić information content (AvgIpc) is 2.68. The monoisotopic (exact) mass is 365 g/mol. The predicted octanol–water partition coefficient (Wildman–Crippen LogP) is 2.98. The average molecular weight is 365 g/mol. The summed E-state index contributed by atoms with van der Waals surface area (Å²) in [6.45, 7) is 11.6. The number of anilines is 1. The van der Waals surface area contributed by atoms with Gasteiger partial charge in [-0.1, -0.05) is 26.0 Å². The molecule has 0 saturated carbocycles. The van der Waals surface area contributed by atoms with E-state index in [9.17, 15) is 0 Å². The van der Waals surface area contributed by atoms with E-state index in [2.05, 4.69) is 40.8 Å². The van der Waals surface area contributed by atoms with Gasteiger partial charge < -0.3 is 9.64 Å². The van der Waals surface area contributed by atoms with Crippen molar-refractivity contribution in [2.24, 2.45) is 0 Å². The minimum atomic E-state index is 0.332. The molecule has 2 aromatic rings. The largest absolute Gasteiger partial charge is 0.491 e. The number of para-hydroxylation sites is 1. The van der Waals surface area contributed by atoms with E-state index in [1.54, 1.807) is 6.07 Å². The van der Waals surface area contributed by atoms with Gasteiger partial charge in [-0.25, -0.2) is 9.97 Å². The van der Waals surface area contributed by atoms with Gasteiger partial charge >= 0.3 is 0 Å². The van der Waals surface area contributed by atoms with E-state index in [0.717, 1.165) is 50.1 Å². The van der Waals surface area contributed by atoms with Crippen molar-refractivity contribution in [3.05, 3.63) is 47.4 Å². The number of hydrogen-bond acceptors (Lipinski definition) is 6. The number of ether oxygens (including phenoxy) is 1. The standard InChI is InChI=1S/C21H27N5O/c1-16(2)21-23-17(3)14-20(24-21)26-10-8-25(9-11-26)12-13-27-19-7-5-4-6-18(19)15-22/h4-7,14,16H,8-13H2,1-3H3. The third-order valence-electron chi connectivity index (χ3n) is 4.74. The summed E-state index contributed by atoms with van der Waals surface area (Å²) in [4.78, 5) is 14.0. The molecule has 1 aliphatic rings. The van der Waals surface area contributed by atoms with Crippen LogP contribution in [0.1, 0.15) is 36.8 Å². The molecule has 0 aliphatic carbocycles. The summed E-state index contributed by atoms with van der Waals surface area (Å²) in [7, 11) is 0. The Labute approximate surface area is 161 Å². The quantitative estimate of drug-likeness (QED) is 0.784. The van der Waals surface area contributed by atoms with Crippen LogP contribution in [-0.4, -0.2) is 54.2 Å². The Bertz CT molecular complexity index is 806. The molecule has 1 aromatic carbocycles. The minimum absolute atomic E-state index is 0.332. The van der Waals surface area contributed by atoms with E-state index in [4.69, 9.17) is 15.0 Å². The summed E-state index contributed by atoms with van der Waals surface area (Å²) < 4.78 is 5.80. The van der Waals surface area contributed by atoms with Crippen LogP contribution < -0.4 is 9.64 Å². The van der Waals surface area contributed by atoms with Crippen molar-refractivity contribution < 1.29 is 4.74 Å². The highest BCUT2D eigenvalue weighted by atomic mass is 16.5. The van der Waals surface area contributed by atoms with E-state index in [0.29, 0.717) is 23.8 Å². The first-order valence-corrected chi connectivity index (χ1v) is 9.51. The van der Waals surface area contributed by atoms with Crippen molar-refractivity contribution in [2.75, 3.05) is 44.2 Å². The third kappa shape index (κ3) is 4.95. The maximum atomic E-state index is 9.12. The lowest BCUT2D eigenvalue weighted by atomic mass is 10.2. The summed E-state index contributed by atoms with van der Waals surface area (Å²) in [6, 6.07) is 11.6. The van der Waals surface area contributed by atoms with Gasteiger partial charge in [0.25, 0.3) is 0 Å². The Morgan fingerprint density at radius 3 is 2.59 bits per heavy atom. The molecule has 6 heteroatoms. The topological polar surface area (TPSA) is 65.3 Å². The molecule has 1 saturated heterocycles. The fraction of sp³-hybridized carbons (Fsp3) is 0.476. The molecular weight excluding hydrogens is 338 g/mol. The third-order valence-corrected chi connectivity index (χ3v) is 4.74. The molecule has 0 spiro atoms. The van der Waals surface area contributed by atoms with Crippen LogP contribution in [-0.2, 0) is 0 Å². The van der Waals surface area contributed by atoms with E-state index in [-0.39, 0.29) is 0 Å². The SMILES string of the molecule is Cc1cc(N2CCN(CCOc3ccccc3C#N)CC2)nc(C(C)C)n1. The lowest BCUT2D eigenvalue weighted by Gasteiger charge is -2.35. The van der Waals surface area contributed by atoms with Crippen LogP contribution in [0.3, 0.4) is 0 Å². The molecule has 0 atom stereocenters. The molecule has 0 amide bonds. The van der Waals surface area contributed by atoms with Crippen LogP contribution in [0.15, 0.2) is 30.3 Å². The highest BCUT2D eigenvalue weighted by Gasteiger charge is 2.19. The number of piperazine rings is 1. The summed E-state index contributed by atoms with van der Waals surface area (Å²) in [5, 5.41) is 9.12. The van der Waals surface area contributed by atoms with E-state index in [1.807, 2.05) is 25.1 Å². The Balaban J connectivity index is 1.50. The normalized spacial score (nSPS) is 15.0. The molecule has 2 heterocycles. The fourth-order valence-corrected chi connectivity index (χ4v) is 3.16. The van der Waals surface area contributed by atoms with Crippen LogP contribution in [0.2, 0.25) is 0 Å². The first-order valence-electron chi connectivity index (χ1n) is 9.51. The fourth-order valence-electron chi connectivity index (χ4n) is 3.16. The number of benzene rings is 1. The molecule has 0 N–H and O–H groups in total. The maximum Gasteiger partial charge on any atom is 0.137 e. The molecule has 1 fully saturated rings. The zero-order valence-corrected chi connectivity index (χ0v) is 16.4. The molecule has 6 nitrogen and oxygen atoms in total. The van der Waals surface area contributed by atoms with Crippen molar-refractivity contribution >= 4 is 5.82 Å². The van der Waals surface area contributed by atoms with Crippen molar-refractivity contribution in [3.63, 3.8) is 0 Å². The highest BCUT2D eigenvalue weighted by molar-refractivity contribution is 5.42. The second kappa shape index (κ2) is 8.83. The molecule has 1 aromatic heterocycles. The van der Waals surface area contributed by atoms with Gasteiger partial charge in [0, 0.05) is 50.4 Å². The number of aromatic nitrogens is 2. The van der Waals surface area contributed by atoms with Gasteiger partial charge in [-0.05, 0) is 19.1 Å². The summed E-state index contributed by atoms with van der Waals surface area (Å²) in [5.41, 5.74) is 1.61. The van der Waals surface area contributed by atoms with Crippen LogP contribution in [0.4, 0.5) is 5.82 Å². The summed E-state index contributed by atoms with van der Waals surface area (Å²) in [5.74, 6) is 2.94. The Morgan fingerprint density at radius 2 is 1.89 bits per heavy atom. The molecule has 0 unspecified atom stereocenters. The van der Waals surface area contributed by atoms with Gasteiger partial charge in [-0.15, -0.1) is 0 Å². The van der Waals surface area contributed by atoms with Crippen LogP contribution in [0.5, 0.6) is 5.75 Å². The Kier molecular flexibility index (Phi) is 6.25. The van der Waals surface area contributed by atoms with Crippen molar-refractivity contribution in [1.29, 1.82) is 5.26 Å². The van der Waals surface area contributed by atoms with Gasteiger partial charge in [0.1, 0.15) is 30.1 Å². The van der Waals surface area contributed by atoms with E-state index < -0.39 is 0 Å². The van der Waals surface area contributed by atoms with E-state index in [1.165, 1.54) is 0 Å². The molecule has 142 valence electrons. The summed E-state index contributed by atoms with van der Waals surface area (Å²) >= 11 is 0. The van der Waals surface area contributed by atoms with Gasteiger partial charge in [0.05, 0.1) is 5.56 Å². The number of nitriles is 1. The number of hydrogen-bond donors (Lipinski definition) is 0. The molecule has 3 rings (SSSR count). The molecule has 0 bridgehead atoms. The number of rotatable bonds is 6. The van der Waals surface area contributed by atoms with Gasteiger partial charge in [-0.2, -0.15) is 5.26 Å². The lowest BCUT2D eigenvalue weighted by molar-refractivity contribution is 0.200. The predicted molar refractivity (Wildman–Crippen MR) is 106 cm³/mol. The van der Waals surface area contributed by atoms with Gasteiger partial charge in [0.2, 0.25) is 0 Å². The van der Waals surface area contributed by atoms with Crippen molar-refractivity contribution in [1.82, 2.24) is 14.9 Å². The first-order chi connectivity index (χ1) is 13.1. The van der Waals surface area contributed by atoms with Crippen molar-refractivity contribution in [2.45, 2.75) is 26.7 Å². The molecule has 27 heavy (non-hydrogen) atoms. The van der Waals surface area contributed by atoms with Crippen LogP contribution in [0, 0.1) is 18.3 Å². The lowest BCUT2D eigenvalue weighted by Crippen LogP contribution is -2.47. The zero-order valence-electron chi connectivity index (χ0n) is 16.4. The second-order valence-electron chi connectivity index (χ2n) is 7.17. The van der Waals surface area contributed by atoms with Crippen LogP contribution in [0.25, 0.3) is 0 Å². The zero-order chi connectivity index (χ0) is 19.2. The van der Waals surface area contributed by atoms with Gasteiger partial charge in [-0.3, -0.25) is 4.90 Å². The Morgan fingerprint density at radius 1 is 1.15 bits per heavy atom. The number of aryl methyl sites for hydroxylation is 1.